The van der Waals surface area contributed by atoms with Crippen LogP contribution in [0.25, 0.3) is 0 Å². The molecule has 0 saturated heterocycles. The standard InChI is InChI=1S/C35H41N5O3S/c1-8-18-44-34-38-33-36-23(3)30(32(41)37-27-11-9-10-22(2)19-27)31(40(33)39-34)25-14-17-28(29(20-25)42-7)43-21-24-12-15-26(16-13-24)35(4,5)6/h9-17,19-20,31H,8,18,21H2,1-7H3,(H,37,41)(H,36,38,39). The first-order valence-corrected chi connectivity index (χ1v) is 15.9. The number of carbonyl (C=O) groups excluding carboxylic acids is 1. The van der Waals surface area contributed by atoms with Crippen LogP contribution in [-0.2, 0) is 16.8 Å². The first-order valence-electron chi connectivity index (χ1n) is 14.9. The maximum atomic E-state index is 13.9. The molecule has 8 nitrogen and oxygen atoms in total. The Kier molecular flexibility index (Phi) is 9.34. The Morgan fingerprint density at radius 1 is 1.05 bits per heavy atom. The zero-order valence-electron chi connectivity index (χ0n) is 26.5. The number of thioether (sulfide) groups is 1. The zero-order chi connectivity index (χ0) is 31.4. The molecule has 1 aliphatic rings. The van der Waals surface area contributed by atoms with Crippen LogP contribution < -0.4 is 20.1 Å². The Labute approximate surface area is 264 Å². The molecule has 2 heterocycles. The largest absolute Gasteiger partial charge is 0.493 e. The van der Waals surface area contributed by atoms with Crippen molar-refractivity contribution in [1.82, 2.24) is 14.8 Å². The molecule has 1 atom stereocenters. The first kappa shape index (κ1) is 31.2. The van der Waals surface area contributed by atoms with Crippen LogP contribution in [0.5, 0.6) is 11.5 Å². The van der Waals surface area contributed by atoms with Crippen LogP contribution in [-0.4, -0.2) is 33.5 Å². The lowest BCUT2D eigenvalue weighted by molar-refractivity contribution is -0.113. The van der Waals surface area contributed by atoms with E-state index in [0.29, 0.717) is 40.5 Å². The Hall–Kier alpha value is -4.24. The zero-order valence-corrected chi connectivity index (χ0v) is 27.3. The van der Waals surface area contributed by atoms with Crippen molar-refractivity contribution in [1.29, 1.82) is 0 Å². The number of methoxy groups -OCH3 is 1. The predicted molar refractivity (Wildman–Crippen MR) is 178 cm³/mol. The number of carbonyl (C=O) groups is 1. The molecule has 0 saturated carbocycles. The topological polar surface area (TPSA) is 90.3 Å². The predicted octanol–water partition coefficient (Wildman–Crippen LogP) is 7.90. The third kappa shape index (κ3) is 6.94. The van der Waals surface area contributed by atoms with Crippen molar-refractivity contribution in [2.45, 2.75) is 71.2 Å². The lowest BCUT2D eigenvalue weighted by Crippen LogP contribution is -2.31. The highest BCUT2D eigenvalue weighted by Gasteiger charge is 2.35. The molecule has 4 aromatic rings. The highest BCUT2D eigenvalue weighted by Crippen LogP contribution is 2.40. The van der Waals surface area contributed by atoms with Crippen LogP contribution in [0.1, 0.15) is 69.3 Å². The maximum absolute atomic E-state index is 13.9. The van der Waals surface area contributed by atoms with Gasteiger partial charge in [-0.15, -0.1) is 5.10 Å². The lowest BCUT2D eigenvalue weighted by Gasteiger charge is -2.29. The molecule has 0 radical (unpaired) electrons. The number of benzene rings is 3. The number of aromatic nitrogens is 3. The number of anilines is 2. The number of fused-ring (bicyclic) bond motifs is 1. The van der Waals surface area contributed by atoms with Crippen LogP contribution in [0.4, 0.5) is 11.6 Å². The molecule has 1 aliphatic heterocycles. The molecular formula is C35H41N5O3S. The summed E-state index contributed by atoms with van der Waals surface area (Å²) in [6.45, 7) is 13.0. The van der Waals surface area contributed by atoms with Gasteiger partial charge < -0.3 is 20.1 Å². The molecule has 44 heavy (non-hydrogen) atoms. The number of ether oxygens (including phenoxy) is 2. The van der Waals surface area contributed by atoms with Crippen molar-refractivity contribution in [3.8, 4) is 11.5 Å². The summed E-state index contributed by atoms with van der Waals surface area (Å²) >= 11 is 1.60. The second-order valence-corrected chi connectivity index (χ2v) is 13.1. The van der Waals surface area contributed by atoms with Gasteiger partial charge in [-0.25, -0.2) is 4.68 Å². The number of nitrogens with zero attached hydrogens (tertiary/aromatic N) is 3. The van der Waals surface area contributed by atoms with Crippen LogP contribution in [0, 0.1) is 6.92 Å². The van der Waals surface area contributed by atoms with E-state index >= 15 is 0 Å². The fourth-order valence-electron chi connectivity index (χ4n) is 5.14. The van der Waals surface area contributed by atoms with E-state index in [-0.39, 0.29) is 11.3 Å². The van der Waals surface area contributed by atoms with Crippen LogP contribution >= 0.6 is 11.8 Å². The van der Waals surface area contributed by atoms with Gasteiger partial charge in [-0.2, -0.15) is 4.98 Å². The van der Waals surface area contributed by atoms with Gasteiger partial charge in [0.1, 0.15) is 12.6 Å². The fourth-order valence-corrected chi connectivity index (χ4v) is 5.83. The molecule has 1 aromatic heterocycles. The Morgan fingerprint density at radius 2 is 1.82 bits per heavy atom. The molecular weight excluding hydrogens is 570 g/mol. The number of aryl methyl sites for hydroxylation is 1. The molecule has 1 amide bonds. The molecule has 0 bridgehead atoms. The van der Waals surface area contributed by atoms with Gasteiger partial charge in [-0.05, 0) is 72.2 Å². The SMILES string of the molecule is CCCSc1nc2n(n1)C(c1ccc(OCc3ccc(C(C)(C)C)cc3)c(OC)c1)C(C(=O)Nc1cccc(C)c1)=C(C)N2. The average Bonchev–Trinajstić information content (AvgIpc) is 3.40. The van der Waals surface area contributed by atoms with E-state index in [1.165, 1.54) is 5.56 Å². The second kappa shape index (κ2) is 13.2. The lowest BCUT2D eigenvalue weighted by atomic mass is 9.87. The van der Waals surface area contributed by atoms with Crippen molar-refractivity contribution < 1.29 is 14.3 Å². The summed E-state index contributed by atoms with van der Waals surface area (Å²) in [7, 11) is 1.62. The van der Waals surface area contributed by atoms with Crippen molar-refractivity contribution >= 4 is 29.3 Å². The summed E-state index contributed by atoms with van der Waals surface area (Å²) in [4.78, 5) is 18.6. The van der Waals surface area contributed by atoms with E-state index in [1.807, 2.05) is 56.3 Å². The minimum Gasteiger partial charge on any atom is -0.493 e. The van der Waals surface area contributed by atoms with Crippen molar-refractivity contribution in [3.63, 3.8) is 0 Å². The van der Waals surface area contributed by atoms with E-state index in [0.717, 1.165) is 34.6 Å². The van der Waals surface area contributed by atoms with E-state index in [1.54, 1.807) is 23.6 Å². The van der Waals surface area contributed by atoms with E-state index in [2.05, 4.69) is 62.6 Å². The van der Waals surface area contributed by atoms with Gasteiger partial charge >= 0.3 is 0 Å². The van der Waals surface area contributed by atoms with Gasteiger partial charge in [0.15, 0.2) is 11.5 Å². The van der Waals surface area contributed by atoms with Gasteiger partial charge in [0.2, 0.25) is 11.1 Å². The Bertz CT molecular complexity index is 1670. The molecule has 0 aliphatic carbocycles. The number of rotatable bonds is 10. The molecule has 1 unspecified atom stereocenters. The summed E-state index contributed by atoms with van der Waals surface area (Å²) in [5.74, 6) is 2.48. The molecule has 230 valence electrons. The third-order valence-electron chi connectivity index (χ3n) is 7.51. The summed E-state index contributed by atoms with van der Waals surface area (Å²) in [5, 5.41) is 11.9. The highest BCUT2D eigenvalue weighted by molar-refractivity contribution is 7.99. The molecule has 2 N–H and O–H groups in total. The molecule has 5 rings (SSSR count). The highest BCUT2D eigenvalue weighted by atomic mass is 32.2. The molecule has 9 heteroatoms. The monoisotopic (exact) mass is 611 g/mol. The molecule has 3 aromatic carbocycles. The number of amides is 1. The van der Waals surface area contributed by atoms with Crippen molar-refractivity contribution in [2.24, 2.45) is 0 Å². The van der Waals surface area contributed by atoms with Gasteiger partial charge in [0.25, 0.3) is 5.91 Å². The van der Waals surface area contributed by atoms with Crippen LogP contribution in [0.3, 0.4) is 0 Å². The van der Waals surface area contributed by atoms with Crippen molar-refractivity contribution in [3.05, 3.63) is 100 Å². The molecule has 0 spiro atoms. The summed E-state index contributed by atoms with van der Waals surface area (Å²) in [6.07, 6.45) is 1.01. The number of allylic oxidation sites excluding steroid dienone is 1. The Balaban J connectivity index is 1.47. The third-order valence-corrected chi connectivity index (χ3v) is 8.55. The van der Waals surface area contributed by atoms with Gasteiger partial charge in [0, 0.05) is 17.1 Å². The minimum atomic E-state index is -0.535. The van der Waals surface area contributed by atoms with Gasteiger partial charge in [-0.1, -0.05) is 81.9 Å². The van der Waals surface area contributed by atoms with Crippen LogP contribution in [0.15, 0.2) is 83.2 Å². The first-order chi connectivity index (χ1) is 21.1. The number of hydrogen-bond acceptors (Lipinski definition) is 7. The maximum Gasteiger partial charge on any atom is 0.255 e. The molecule has 0 fully saturated rings. The van der Waals surface area contributed by atoms with Crippen LogP contribution in [0.2, 0.25) is 0 Å². The van der Waals surface area contributed by atoms with E-state index < -0.39 is 6.04 Å². The normalized spacial score (nSPS) is 14.6. The van der Waals surface area contributed by atoms with Gasteiger partial charge in [0.05, 0.1) is 12.7 Å². The average molecular weight is 612 g/mol. The summed E-state index contributed by atoms with van der Waals surface area (Å²) in [5.41, 5.74) is 6.32. The minimum absolute atomic E-state index is 0.0923. The van der Waals surface area contributed by atoms with Gasteiger partial charge in [-0.3, -0.25) is 4.79 Å². The fraction of sp³-hybridized carbons (Fsp3) is 0.343. The van der Waals surface area contributed by atoms with E-state index in [9.17, 15) is 4.79 Å². The number of nitrogens with one attached hydrogen (secondary N) is 2. The summed E-state index contributed by atoms with van der Waals surface area (Å²) in [6, 6.07) is 21.5. The second-order valence-electron chi connectivity index (χ2n) is 12.0. The smallest absolute Gasteiger partial charge is 0.255 e. The number of hydrogen-bond donors (Lipinski definition) is 2. The van der Waals surface area contributed by atoms with E-state index in [4.69, 9.17) is 19.6 Å². The quantitative estimate of drug-likeness (QED) is 0.176. The summed E-state index contributed by atoms with van der Waals surface area (Å²) < 4.78 is 13.8. The Morgan fingerprint density at radius 3 is 2.50 bits per heavy atom. The van der Waals surface area contributed by atoms with Crippen molar-refractivity contribution in [2.75, 3.05) is 23.5 Å².